The monoisotopic (exact) mass is 306 g/mol. The summed E-state index contributed by atoms with van der Waals surface area (Å²) < 4.78 is 5.37. The Balaban J connectivity index is 2.06. The zero-order chi connectivity index (χ0) is 16.2. The van der Waals surface area contributed by atoms with Crippen molar-refractivity contribution in [2.75, 3.05) is 14.1 Å². The minimum Gasteiger partial charge on any atom is -0.445 e. The number of amides is 1. The van der Waals surface area contributed by atoms with Crippen LogP contribution in [0.2, 0.25) is 0 Å². The minimum atomic E-state index is 0.0618. The average Bonchev–Trinajstić information content (AvgIpc) is 3.10. The van der Waals surface area contributed by atoms with Gasteiger partial charge in [0.1, 0.15) is 6.26 Å². The molecular weight excluding hydrogens is 288 g/mol. The van der Waals surface area contributed by atoms with Crippen molar-refractivity contribution in [3.8, 4) is 22.6 Å². The molecule has 3 aromatic rings. The van der Waals surface area contributed by atoms with E-state index in [2.05, 4.69) is 4.98 Å². The van der Waals surface area contributed by atoms with Crippen LogP contribution >= 0.6 is 0 Å². The van der Waals surface area contributed by atoms with Crippen molar-refractivity contribution >= 4 is 5.91 Å². The summed E-state index contributed by atoms with van der Waals surface area (Å²) in [4.78, 5) is 18.0. The summed E-state index contributed by atoms with van der Waals surface area (Å²) in [6.45, 7) is 0. The van der Waals surface area contributed by atoms with Crippen LogP contribution in [-0.2, 0) is 11.2 Å². The fourth-order valence-corrected chi connectivity index (χ4v) is 2.46. The molecule has 0 fully saturated rings. The Labute approximate surface area is 135 Å². The van der Waals surface area contributed by atoms with Crippen LogP contribution < -0.4 is 0 Å². The van der Waals surface area contributed by atoms with Crippen molar-refractivity contribution in [2.45, 2.75) is 6.42 Å². The number of aromatic nitrogens is 1. The summed E-state index contributed by atoms with van der Waals surface area (Å²) in [5.41, 5.74) is 3.98. The SMILES string of the molecule is CN(C)C(=O)Cc1cc(-c2ncco2)ccc1-c1ccccc1. The summed E-state index contributed by atoms with van der Waals surface area (Å²) in [6.07, 6.45) is 3.50. The lowest BCUT2D eigenvalue weighted by Crippen LogP contribution is -2.23. The van der Waals surface area contributed by atoms with E-state index in [1.807, 2.05) is 48.5 Å². The summed E-state index contributed by atoms with van der Waals surface area (Å²) >= 11 is 0. The molecule has 0 spiro atoms. The zero-order valence-electron chi connectivity index (χ0n) is 13.2. The number of rotatable bonds is 4. The van der Waals surface area contributed by atoms with Crippen LogP contribution in [0.1, 0.15) is 5.56 Å². The highest BCUT2D eigenvalue weighted by Gasteiger charge is 2.14. The van der Waals surface area contributed by atoms with Crippen molar-refractivity contribution in [3.63, 3.8) is 0 Å². The second-order valence-corrected chi connectivity index (χ2v) is 5.54. The lowest BCUT2D eigenvalue weighted by molar-refractivity contribution is -0.127. The van der Waals surface area contributed by atoms with E-state index in [-0.39, 0.29) is 5.91 Å². The molecule has 0 aliphatic carbocycles. The number of carbonyl (C=O) groups excluding carboxylic acids is 1. The highest BCUT2D eigenvalue weighted by Crippen LogP contribution is 2.29. The highest BCUT2D eigenvalue weighted by atomic mass is 16.3. The van der Waals surface area contributed by atoms with E-state index in [1.165, 1.54) is 0 Å². The fraction of sp³-hybridized carbons (Fsp3) is 0.158. The standard InChI is InChI=1S/C19H18N2O2/c1-21(2)18(22)13-16-12-15(19-20-10-11-23-19)8-9-17(16)14-6-4-3-5-7-14/h3-12H,13H2,1-2H3. The Morgan fingerprint density at radius 3 is 2.52 bits per heavy atom. The first-order valence-electron chi connectivity index (χ1n) is 7.43. The molecule has 0 bridgehead atoms. The van der Waals surface area contributed by atoms with Crippen LogP contribution in [0.5, 0.6) is 0 Å². The van der Waals surface area contributed by atoms with Crippen LogP contribution in [0.25, 0.3) is 22.6 Å². The number of carbonyl (C=O) groups is 1. The molecule has 0 radical (unpaired) electrons. The molecule has 0 saturated heterocycles. The predicted molar refractivity (Wildman–Crippen MR) is 89.8 cm³/mol. The number of likely N-dealkylation sites (N-methyl/N-ethyl adjacent to an activating group) is 1. The van der Waals surface area contributed by atoms with Gasteiger partial charge in [0, 0.05) is 19.7 Å². The van der Waals surface area contributed by atoms with Gasteiger partial charge in [-0.3, -0.25) is 4.79 Å². The van der Waals surface area contributed by atoms with Gasteiger partial charge < -0.3 is 9.32 Å². The average molecular weight is 306 g/mol. The maximum absolute atomic E-state index is 12.2. The van der Waals surface area contributed by atoms with E-state index < -0.39 is 0 Å². The molecule has 1 aromatic heterocycles. The Hall–Kier alpha value is -2.88. The number of benzene rings is 2. The zero-order valence-corrected chi connectivity index (χ0v) is 13.2. The van der Waals surface area contributed by atoms with E-state index >= 15 is 0 Å². The first kappa shape index (κ1) is 15.0. The van der Waals surface area contributed by atoms with Crippen LogP contribution in [0.4, 0.5) is 0 Å². The van der Waals surface area contributed by atoms with E-state index in [9.17, 15) is 4.79 Å². The molecule has 1 amide bonds. The smallest absolute Gasteiger partial charge is 0.226 e. The van der Waals surface area contributed by atoms with Gasteiger partial charge in [0.25, 0.3) is 0 Å². The Morgan fingerprint density at radius 1 is 1.09 bits per heavy atom. The minimum absolute atomic E-state index is 0.0618. The summed E-state index contributed by atoms with van der Waals surface area (Å²) in [5.74, 6) is 0.620. The van der Waals surface area contributed by atoms with E-state index in [0.717, 1.165) is 22.3 Å². The van der Waals surface area contributed by atoms with Gasteiger partial charge in [0.05, 0.1) is 12.6 Å². The van der Waals surface area contributed by atoms with E-state index in [0.29, 0.717) is 12.3 Å². The fourth-order valence-electron chi connectivity index (χ4n) is 2.46. The topological polar surface area (TPSA) is 46.3 Å². The molecule has 0 atom stereocenters. The summed E-state index contributed by atoms with van der Waals surface area (Å²) in [5, 5.41) is 0. The van der Waals surface area contributed by atoms with Crippen molar-refractivity contribution in [1.82, 2.24) is 9.88 Å². The van der Waals surface area contributed by atoms with Crippen LogP contribution in [0.3, 0.4) is 0 Å². The molecule has 4 heteroatoms. The van der Waals surface area contributed by atoms with Gasteiger partial charge in [-0.25, -0.2) is 4.98 Å². The second-order valence-electron chi connectivity index (χ2n) is 5.54. The molecule has 0 saturated carbocycles. The van der Waals surface area contributed by atoms with Gasteiger partial charge in [0.2, 0.25) is 11.8 Å². The number of nitrogens with zero attached hydrogens (tertiary/aromatic N) is 2. The highest BCUT2D eigenvalue weighted by molar-refractivity contribution is 5.82. The largest absolute Gasteiger partial charge is 0.445 e. The van der Waals surface area contributed by atoms with E-state index in [4.69, 9.17) is 4.42 Å². The molecule has 0 aliphatic rings. The molecule has 3 rings (SSSR count). The lowest BCUT2D eigenvalue weighted by Gasteiger charge is -2.14. The third kappa shape index (κ3) is 3.31. The van der Waals surface area contributed by atoms with Crippen LogP contribution in [-0.4, -0.2) is 29.9 Å². The molecular formula is C19H18N2O2. The van der Waals surface area contributed by atoms with Gasteiger partial charge in [0.15, 0.2) is 0 Å². The number of oxazole rings is 1. The summed E-state index contributed by atoms with van der Waals surface area (Å²) in [7, 11) is 3.53. The molecule has 4 nitrogen and oxygen atoms in total. The lowest BCUT2D eigenvalue weighted by atomic mass is 9.95. The molecule has 0 N–H and O–H groups in total. The van der Waals surface area contributed by atoms with Crippen LogP contribution in [0, 0.1) is 0 Å². The third-order valence-corrected chi connectivity index (χ3v) is 3.71. The van der Waals surface area contributed by atoms with Crippen molar-refractivity contribution < 1.29 is 9.21 Å². The molecule has 2 aromatic carbocycles. The second kappa shape index (κ2) is 6.48. The van der Waals surface area contributed by atoms with Gasteiger partial charge in [-0.05, 0) is 28.8 Å². The van der Waals surface area contributed by atoms with Gasteiger partial charge in [-0.2, -0.15) is 0 Å². The van der Waals surface area contributed by atoms with E-state index in [1.54, 1.807) is 31.5 Å². The molecule has 1 heterocycles. The normalized spacial score (nSPS) is 10.5. The molecule has 23 heavy (non-hydrogen) atoms. The van der Waals surface area contributed by atoms with Gasteiger partial charge in [-0.15, -0.1) is 0 Å². The quantitative estimate of drug-likeness (QED) is 0.739. The van der Waals surface area contributed by atoms with Crippen molar-refractivity contribution in [1.29, 1.82) is 0 Å². The van der Waals surface area contributed by atoms with Crippen molar-refractivity contribution in [2.24, 2.45) is 0 Å². The number of hydrogen-bond donors (Lipinski definition) is 0. The first-order valence-corrected chi connectivity index (χ1v) is 7.43. The first-order chi connectivity index (χ1) is 11.1. The Bertz CT molecular complexity index is 794. The molecule has 0 aliphatic heterocycles. The predicted octanol–water partition coefficient (Wildman–Crippen LogP) is 3.64. The maximum Gasteiger partial charge on any atom is 0.226 e. The van der Waals surface area contributed by atoms with Gasteiger partial charge >= 0.3 is 0 Å². The summed E-state index contributed by atoms with van der Waals surface area (Å²) in [6, 6.07) is 16.0. The van der Waals surface area contributed by atoms with Crippen molar-refractivity contribution in [3.05, 3.63) is 66.6 Å². The maximum atomic E-state index is 12.2. The van der Waals surface area contributed by atoms with Gasteiger partial charge in [-0.1, -0.05) is 36.4 Å². The molecule has 116 valence electrons. The third-order valence-electron chi connectivity index (χ3n) is 3.71. The Kier molecular flexibility index (Phi) is 4.24. The number of hydrogen-bond acceptors (Lipinski definition) is 3. The van der Waals surface area contributed by atoms with Crippen LogP contribution in [0.15, 0.2) is 65.4 Å². The molecule has 0 unspecified atom stereocenters. The Morgan fingerprint density at radius 2 is 1.87 bits per heavy atom.